The van der Waals surface area contributed by atoms with Crippen LogP contribution in [0.3, 0.4) is 0 Å². The van der Waals surface area contributed by atoms with Crippen LogP contribution in [0.5, 0.6) is 0 Å². The summed E-state index contributed by atoms with van der Waals surface area (Å²) in [6, 6.07) is 1.71. The molecular formula is C18H27N5O2. The van der Waals surface area contributed by atoms with Crippen molar-refractivity contribution in [3.63, 3.8) is 0 Å². The summed E-state index contributed by atoms with van der Waals surface area (Å²) in [5.41, 5.74) is 1.22. The molecule has 7 nitrogen and oxygen atoms in total. The van der Waals surface area contributed by atoms with E-state index in [-0.39, 0.29) is 17.9 Å². The van der Waals surface area contributed by atoms with Gasteiger partial charge in [0.2, 0.25) is 11.8 Å². The number of carbonyl (C=O) groups is 2. The summed E-state index contributed by atoms with van der Waals surface area (Å²) >= 11 is 0. The van der Waals surface area contributed by atoms with Crippen molar-refractivity contribution in [1.82, 2.24) is 19.6 Å². The molecule has 25 heavy (non-hydrogen) atoms. The Bertz CT molecular complexity index is 660. The SMILES string of the molecule is CC(=O)Nc1ccnn1CC1=CCCN(C(C)C(=O)N2CCCC2)C1. The maximum Gasteiger partial charge on any atom is 0.239 e. The predicted octanol–water partition coefficient (Wildman–Crippen LogP) is 1.48. The molecule has 2 aliphatic rings. The van der Waals surface area contributed by atoms with Gasteiger partial charge in [0.15, 0.2) is 0 Å². The predicted molar refractivity (Wildman–Crippen MR) is 96.1 cm³/mol. The minimum absolute atomic E-state index is 0.0887. The van der Waals surface area contributed by atoms with Crippen LogP contribution in [0.4, 0.5) is 5.82 Å². The van der Waals surface area contributed by atoms with E-state index in [4.69, 9.17) is 0 Å². The maximum absolute atomic E-state index is 12.6. The average Bonchev–Trinajstić information content (AvgIpc) is 3.26. The van der Waals surface area contributed by atoms with Crippen molar-refractivity contribution in [2.24, 2.45) is 0 Å². The fourth-order valence-electron chi connectivity index (χ4n) is 3.58. The van der Waals surface area contributed by atoms with Gasteiger partial charge < -0.3 is 10.2 Å². The molecule has 0 radical (unpaired) electrons. The molecule has 7 heteroatoms. The molecule has 1 unspecified atom stereocenters. The zero-order valence-corrected chi connectivity index (χ0v) is 15.1. The number of likely N-dealkylation sites (tertiary alicyclic amines) is 1. The summed E-state index contributed by atoms with van der Waals surface area (Å²) in [6.07, 6.45) is 7.09. The molecule has 0 aliphatic carbocycles. The maximum atomic E-state index is 12.6. The van der Waals surface area contributed by atoms with E-state index in [1.54, 1.807) is 16.9 Å². The number of carbonyl (C=O) groups excluding carboxylic acids is 2. The van der Waals surface area contributed by atoms with Gasteiger partial charge in [-0.3, -0.25) is 14.5 Å². The van der Waals surface area contributed by atoms with Crippen LogP contribution in [0.2, 0.25) is 0 Å². The minimum Gasteiger partial charge on any atom is -0.341 e. The Morgan fingerprint density at radius 3 is 2.76 bits per heavy atom. The molecule has 1 atom stereocenters. The van der Waals surface area contributed by atoms with Crippen LogP contribution in [0, 0.1) is 0 Å². The summed E-state index contributed by atoms with van der Waals surface area (Å²) in [5, 5.41) is 7.09. The van der Waals surface area contributed by atoms with Crippen LogP contribution in [0.1, 0.15) is 33.1 Å². The van der Waals surface area contributed by atoms with Gasteiger partial charge in [-0.25, -0.2) is 4.68 Å². The number of hydrogen-bond donors (Lipinski definition) is 1. The van der Waals surface area contributed by atoms with Gasteiger partial charge in [-0.05, 0) is 31.8 Å². The highest BCUT2D eigenvalue weighted by molar-refractivity contribution is 5.87. The Hall–Kier alpha value is -2.15. The van der Waals surface area contributed by atoms with Crippen molar-refractivity contribution in [2.45, 2.75) is 45.7 Å². The quantitative estimate of drug-likeness (QED) is 0.821. The fourth-order valence-corrected chi connectivity index (χ4v) is 3.58. The first-order valence-electron chi connectivity index (χ1n) is 9.05. The molecule has 0 saturated carbocycles. The molecular weight excluding hydrogens is 318 g/mol. The second kappa shape index (κ2) is 7.82. The van der Waals surface area contributed by atoms with Crippen LogP contribution in [0.25, 0.3) is 0 Å². The van der Waals surface area contributed by atoms with E-state index in [1.165, 1.54) is 12.5 Å². The summed E-state index contributed by atoms with van der Waals surface area (Å²) < 4.78 is 1.80. The van der Waals surface area contributed by atoms with Gasteiger partial charge in [0.1, 0.15) is 5.82 Å². The Morgan fingerprint density at radius 2 is 2.04 bits per heavy atom. The van der Waals surface area contributed by atoms with Crippen LogP contribution >= 0.6 is 0 Å². The van der Waals surface area contributed by atoms with Crippen molar-refractivity contribution in [3.8, 4) is 0 Å². The van der Waals surface area contributed by atoms with Gasteiger partial charge in [0, 0.05) is 39.2 Å². The molecule has 0 spiro atoms. The van der Waals surface area contributed by atoms with Gasteiger partial charge in [0.25, 0.3) is 0 Å². The van der Waals surface area contributed by atoms with Gasteiger partial charge in [-0.1, -0.05) is 6.08 Å². The molecule has 1 saturated heterocycles. The van der Waals surface area contributed by atoms with Crippen molar-refractivity contribution >= 4 is 17.6 Å². The second-order valence-electron chi connectivity index (χ2n) is 6.89. The van der Waals surface area contributed by atoms with Crippen LogP contribution in [-0.2, 0) is 16.1 Å². The number of rotatable bonds is 5. The zero-order valence-electron chi connectivity index (χ0n) is 15.1. The minimum atomic E-state index is -0.106. The lowest BCUT2D eigenvalue weighted by atomic mass is 10.1. The highest BCUT2D eigenvalue weighted by atomic mass is 16.2. The lowest BCUT2D eigenvalue weighted by Crippen LogP contribution is -2.48. The largest absolute Gasteiger partial charge is 0.341 e. The van der Waals surface area contributed by atoms with E-state index in [0.717, 1.165) is 45.4 Å². The van der Waals surface area contributed by atoms with Crippen molar-refractivity contribution in [2.75, 3.05) is 31.5 Å². The molecule has 0 aromatic carbocycles. The fraction of sp³-hybridized carbons (Fsp3) is 0.611. The number of nitrogens with zero attached hydrogens (tertiary/aromatic N) is 4. The third-order valence-corrected chi connectivity index (χ3v) is 4.95. The molecule has 2 aliphatic heterocycles. The van der Waals surface area contributed by atoms with Crippen molar-refractivity contribution < 1.29 is 9.59 Å². The van der Waals surface area contributed by atoms with Gasteiger partial charge in [-0.2, -0.15) is 5.10 Å². The van der Waals surface area contributed by atoms with Crippen LogP contribution in [-0.4, -0.2) is 63.6 Å². The van der Waals surface area contributed by atoms with Crippen LogP contribution < -0.4 is 5.32 Å². The zero-order chi connectivity index (χ0) is 17.8. The Kier molecular flexibility index (Phi) is 5.53. The third kappa shape index (κ3) is 4.28. The van der Waals surface area contributed by atoms with Gasteiger partial charge >= 0.3 is 0 Å². The Morgan fingerprint density at radius 1 is 1.28 bits per heavy atom. The molecule has 1 aromatic rings. The molecule has 2 amide bonds. The number of anilines is 1. The number of aromatic nitrogens is 2. The molecule has 1 fully saturated rings. The lowest BCUT2D eigenvalue weighted by molar-refractivity contribution is -0.135. The normalized spacial score (nSPS) is 19.6. The van der Waals surface area contributed by atoms with E-state index in [1.807, 2.05) is 11.8 Å². The van der Waals surface area contributed by atoms with E-state index in [2.05, 4.69) is 21.4 Å². The highest BCUT2D eigenvalue weighted by Crippen LogP contribution is 2.19. The monoisotopic (exact) mass is 345 g/mol. The van der Waals surface area contributed by atoms with E-state index in [9.17, 15) is 9.59 Å². The molecule has 1 N–H and O–H groups in total. The molecule has 1 aromatic heterocycles. The summed E-state index contributed by atoms with van der Waals surface area (Å²) in [6.45, 7) is 7.59. The number of hydrogen-bond acceptors (Lipinski definition) is 4. The molecule has 3 rings (SSSR count). The standard InChI is InChI=1S/C18H27N5O2/c1-14(18(25)21-9-3-4-10-21)22-11-5-6-16(12-22)13-23-17(7-8-19-23)20-15(2)24/h6-8,14H,3-5,9-13H2,1-2H3,(H,20,24). The first kappa shape index (κ1) is 17.7. The topological polar surface area (TPSA) is 70.5 Å². The molecule has 136 valence electrons. The van der Waals surface area contributed by atoms with Crippen LogP contribution in [0.15, 0.2) is 23.9 Å². The molecule has 3 heterocycles. The molecule has 0 bridgehead atoms. The second-order valence-corrected chi connectivity index (χ2v) is 6.89. The first-order valence-corrected chi connectivity index (χ1v) is 9.05. The van der Waals surface area contributed by atoms with Crippen molar-refractivity contribution in [1.29, 1.82) is 0 Å². The van der Waals surface area contributed by atoms with Crippen molar-refractivity contribution in [3.05, 3.63) is 23.9 Å². The number of nitrogens with one attached hydrogen (secondary N) is 1. The van der Waals surface area contributed by atoms with Gasteiger partial charge in [-0.15, -0.1) is 0 Å². The Labute approximate surface area is 148 Å². The van der Waals surface area contributed by atoms with E-state index < -0.39 is 0 Å². The summed E-state index contributed by atoms with van der Waals surface area (Å²) in [7, 11) is 0. The summed E-state index contributed by atoms with van der Waals surface area (Å²) in [5.74, 6) is 0.842. The first-order chi connectivity index (χ1) is 12.0. The van der Waals surface area contributed by atoms with E-state index >= 15 is 0 Å². The number of amides is 2. The average molecular weight is 345 g/mol. The smallest absolute Gasteiger partial charge is 0.239 e. The third-order valence-electron chi connectivity index (χ3n) is 4.95. The highest BCUT2D eigenvalue weighted by Gasteiger charge is 2.29. The van der Waals surface area contributed by atoms with E-state index in [0.29, 0.717) is 12.4 Å². The lowest BCUT2D eigenvalue weighted by Gasteiger charge is -2.34. The van der Waals surface area contributed by atoms with Gasteiger partial charge in [0.05, 0.1) is 18.8 Å². The summed E-state index contributed by atoms with van der Waals surface area (Å²) in [4.78, 5) is 28.2. The Balaban J connectivity index is 1.61.